The molecule has 0 aliphatic heterocycles. The van der Waals surface area contributed by atoms with Crippen molar-refractivity contribution >= 4 is 33.1 Å². The molecule has 1 N–H and O–H groups in total. The fourth-order valence-corrected chi connectivity index (χ4v) is 5.21. The van der Waals surface area contributed by atoms with Crippen LogP contribution in [0.5, 0.6) is 0 Å². The Hall–Kier alpha value is -2.92. The van der Waals surface area contributed by atoms with Crippen LogP contribution >= 0.6 is 11.3 Å². The second kappa shape index (κ2) is 8.31. The van der Waals surface area contributed by atoms with E-state index in [2.05, 4.69) is 4.98 Å². The lowest BCUT2D eigenvalue weighted by Crippen LogP contribution is -2.31. The van der Waals surface area contributed by atoms with Crippen LogP contribution in [0.1, 0.15) is 28.4 Å². The standard InChI is InChI=1S/C20H17F3N2O4S2/c1-3-25(31(28,29)15-9-4-12(2)16(10-15)19(26)27)17-11-30-18(24-17)13-5-7-14(8-6-13)20(21,22)23/h4-11H,3H2,1-2H3,(H,26,27). The summed E-state index contributed by atoms with van der Waals surface area (Å²) in [7, 11) is -4.11. The molecule has 0 atom stereocenters. The van der Waals surface area contributed by atoms with Crippen LogP contribution < -0.4 is 4.31 Å². The number of anilines is 1. The van der Waals surface area contributed by atoms with Crippen LogP contribution in [0.15, 0.2) is 52.7 Å². The van der Waals surface area contributed by atoms with Crippen molar-refractivity contribution < 1.29 is 31.5 Å². The molecule has 2 aromatic carbocycles. The first-order valence-electron chi connectivity index (χ1n) is 8.95. The smallest absolute Gasteiger partial charge is 0.416 e. The van der Waals surface area contributed by atoms with Crippen LogP contribution in [0.2, 0.25) is 0 Å². The maximum Gasteiger partial charge on any atom is 0.416 e. The van der Waals surface area contributed by atoms with Crippen LogP contribution in [0.25, 0.3) is 10.6 Å². The summed E-state index contributed by atoms with van der Waals surface area (Å²) >= 11 is 1.09. The molecule has 0 aliphatic carbocycles. The van der Waals surface area contributed by atoms with Crippen LogP contribution in [0, 0.1) is 6.92 Å². The molecule has 0 aliphatic rings. The van der Waals surface area contributed by atoms with Gasteiger partial charge in [0.1, 0.15) is 5.01 Å². The van der Waals surface area contributed by atoms with Crippen LogP contribution in [0.4, 0.5) is 19.0 Å². The molecule has 0 saturated carbocycles. The number of alkyl halides is 3. The second-order valence-electron chi connectivity index (χ2n) is 6.54. The topological polar surface area (TPSA) is 87.6 Å². The van der Waals surface area contributed by atoms with E-state index in [1.165, 1.54) is 29.6 Å². The minimum absolute atomic E-state index is 0.0226. The third-order valence-corrected chi connectivity index (χ3v) is 7.28. The summed E-state index contributed by atoms with van der Waals surface area (Å²) in [5, 5.41) is 11.1. The highest BCUT2D eigenvalue weighted by atomic mass is 32.2. The van der Waals surface area contributed by atoms with E-state index in [1.54, 1.807) is 13.8 Å². The van der Waals surface area contributed by atoms with Crippen LogP contribution in [0.3, 0.4) is 0 Å². The Balaban J connectivity index is 1.96. The molecule has 164 valence electrons. The Kier molecular flexibility index (Phi) is 6.10. The van der Waals surface area contributed by atoms with E-state index in [1.807, 2.05) is 0 Å². The Morgan fingerprint density at radius 1 is 1.16 bits per heavy atom. The number of thiazole rings is 1. The van der Waals surface area contributed by atoms with E-state index in [0.29, 0.717) is 16.1 Å². The largest absolute Gasteiger partial charge is 0.478 e. The number of nitrogens with zero attached hydrogens (tertiary/aromatic N) is 2. The van der Waals surface area contributed by atoms with Crippen molar-refractivity contribution in [2.24, 2.45) is 0 Å². The molecule has 3 aromatic rings. The summed E-state index contributed by atoms with van der Waals surface area (Å²) in [6, 6.07) is 8.25. The second-order valence-corrected chi connectivity index (χ2v) is 9.26. The third kappa shape index (κ3) is 4.57. The third-order valence-electron chi connectivity index (χ3n) is 4.52. The van der Waals surface area contributed by atoms with E-state index in [0.717, 1.165) is 33.8 Å². The number of hydrogen-bond donors (Lipinski definition) is 1. The molecule has 0 radical (unpaired) electrons. The quantitative estimate of drug-likeness (QED) is 0.545. The number of aromatic nitrogens is 1. The van der Waals surface area contributed by atoms with Crippen LogP contribution in [-0.2, 0) is 16.2 Å². The molecule has 31 heavy (non-hydrogen) atoms. The number of sulfonamides is 1. The van der Waals surface area contributed by atoms with Gasteiger partial charge in [0.25, 0.3) is 10.0 Å². The molecule has 1 heterocycles. The number of hydrogen-bond acceptors (Lipinski definition) is 5. The molecule has 0 bridgehead atoms. The summed E-state index contributed by atoms with van der Waals surface area (Å²) < 4.78 is 65.5. The molecule has 6 nitrogen and oxygen atoms in total. The van der Waals surface area contributed by atoms with E-state index in [4.69, 9.17) is 0 Å². The van der Waals surface area contributed by atoms with E-state index < -0.39 is 27.7 Å². The molecule has 3 rings (SSSR count). The fourth-order valence-electron chi connectivity index (χ4n) is 2.89. The summed E-state index contributed by atoms with van der Waals surface area (Å²) in [4.78, 5) is 15.5. The highest BCUT2D eigenvalue weighted by molar-refractivity contribution is 7.92. The van der Waals surface area contributed by atoms with E-state index in [-0.39, 0.29) is 22.8 Å². The Bertz CT molecular complexity index is 1220. The van der Waals surface area contributed by atoms with Crippen LogP contribution in [-0.4, -0.2) is 31.0 Å². The number of halogens is 3. The van der Waals surface area contributed by atoms with Gasteiger partial charge in [-0.1, -0.05) is 18.2 Å². The lowest BCUT2D eigenvalue weighted by molar-refractivity contribution is -0.137. The minimum atomic E-state index is -4.46. The van der Waals surface area contributed by atoms with Crippen molar-refractivity contribution in [2.75, 3.05) is 10.8 Å². The summed E-state index contributed by atoms with van der Waals surface area (Å²) in [6.45, 7) is 3.18. The van der Waals surface area contributed by atoms with E-state index in [9.17, 15) is 31.5 Å². The molecule has 0 amide bonds. The van der Waals surface area contributed by atoms with Crippen molar-refractivity contribution in [2.45, 2.75) is 24.9 Å². The van der Waals surface area contributed by atoms with Gasteiger partial charge in [-0.25, -0.2) is 22.5 Å². The fraction of sp³-hybridized carbons (Fsp3) is 0.200. The van der Waals surface area contributed by atoms with Crippen molar-refractivity contribution in [3.8, 4) is 10.6 Å². The SMILES string of the molecule is CCN(c1csc(-c2ccc(C(F)(F)F)cc2)n1)S(=O)(=O)c1ccc(C)c(C(=O)O)c1. The summed E-state index contributed by atoms with van der Waals surface area (Å²) in [5.41, 5.74) is -0.0748. The summed E-state index contributed by atoms with van der Waals surface area (Å²) in [6.07, 6.45) is -4.46. The number of carbonyl (C=O) groups is 1. The Morgan fingerprint density at radius 2 is 1.81 bits per heavy atom. The molecule has 11 heteroatoms. The van der Waals surface area contributed by atoms with Gasteiger partial charge in [0.2, 0.25) is 0 Å². The zero-order chi connectivity index (χ0) is 23.0. The first-order chi connectivity index (χ1) is 14.4. The Labute approximate surface area is 180 Å². The van der Waals surface area contributed by atoms with E-state index >= 15 is 0 Å². The molecule has 0 spiro atoms. The lowest BCUT2D eigenvalue weighted by Gasteiger charge is -2.20. The molecular weight excluding hydrogens is 453 g/mol. The van der Waals surface area contributed by atoms with Crippen molar-refractivity contribution in [1.29, 1.82) is 0 Å². The monoisotopic (exact) mass is 470 g/mol. The minimum Gasteiger partial charge on any atom is -0.478 e. The van der Waals surface area contributed by atoms with Gasteiger partial charge in [-0.3, -0.25) is 0 Å². The van der Waals surface area contributed by atoms with Gasteiger partial charge >= 0.3 is 12.1 Å². The van der Waals surface area contributed by atoms with Gasteiger partial charge in [-0.15, -0.1) is 11.3 Å². The van der Waals surface area contributed by atoms with Gasteiger partial charge in [-0.2, -0.15) is 13.2 Å². The zero-order valence-electron chi connectivity index (χ0n) is 16.3. The van der Waals surface area contributed by atoms with Crippen molar-refractivity contribution in [1.82, 2.24) is 4.98 Å². The Morgan fingerprint density at radius 3 is 2.35 bits per heavy atom. The van der Waals surface area contributed by atoms with Gasteiger partial charge in [0.15, 0.2) is 5.82 Å². The molecule has 0 saturated heterocycles. The zero-order valence-corrected chi connectivity index (χ0v) is 18.0. The van der Waals surface area contributed by atoms with Crippen molar-refractivity contribution in [3.63, 3.8) is 0 Å². The predicted molar refractivity (Wildman–Crippen MR) is 111 cm³/mol. The number of aromatic carboxylic acids is 1. The number of carboxylic acid groups (broad SMARTS) is 1. The lowest BCUT2D eigenvalue weighted by atomic mass is 10.1. The highest BCUT2D eigenvalue weighted by Crippen LogP contribution is 2.34. The molecule has 0 unspecified atom stereocenters. The maximum absolute atomic E-state index is 13.1. The van der Waals surface area contributed by atoms with Gasteiger partial charge in [0, 0.05) is 17.5 Å². The first-order valence-corrected chi connectivity index (χ1v) is 11.3. The number of carboxylic acids is 1. The molecule has 1 aromatic heterocycles. The maximum atomic E-state index is 13.1. The normalized spacial score (nSPS) is 12.0. The van der Waals surface area contributed by atoms with Gasteiger partial charge in [0.05, 0.1) is 16.0 Å². The molecular formula is C20H17F3N2O4S2. The number of rotatable bonds is 6. The van der Waals surface area contributed by atoms with Crippen molar-refractivity contribution in [3.05, 3.63) is 64.5 Å². The first kappa shape index (κ1) is 22.8. The molecule has 0 fully saturated rings. The average Bonchev–Trinajstić information content (AvgIpc) is 3.17. The average molecular weight is 470 g/mol. The number of aryl methyl sites for hydroxylation is 1. The van der Waals surface area contributed by atoms with Gasteiger partial charge < -0.3 is 5.11 Å². The predicted octanol–water partition coefficient (Wildman–Crippen LogP) is 5.05. The van der Waals surface area contributed by atoms with Gasteiger partial charge in [-0.05, 0) is 43.7 Å². The highest BCUT2D eigenvalue weighted by Gasteiger charge is 2.30. The summed E-state index contributed by atoms with van der Waals surface area (Å²) in [5.74, 6) is -1.14. The number of benzene rings is 2.